The molecule has 36 heavy (non-hydrogen) atoms. The van der Waals surface area contributed by atoms with E-state index in [1.54, 1.807) is 7.11 Å². The van der Waals surface area contributed by atoms with E-state index in [4.69, 9.17) is 14.5 Å². The third kappa shape index (κ3) is 4.71. The second kappa shape index (κ2) is 10.3. The zero-order valence-electron chi connectivity index (χ0n) is 21.0. The van der Waals surface area contributed by atoms with Crippen LogP contribution in [0.4, 0.5) is 5.69 Å². The topological polar surface area (TPSA) is 56.6 Å². The molecule has 0 unspecified atom stereocenters. The Kier molecular flexibility index (Phi) is 6.76. The number of nitrogens with zero attached hydrogens (tertiary/aromatic N) is 3. The van der Waals surface area contributed by atoms with E-state index >= 15 is 0 Å². The van der Waals surface area contributed by atoms with Gasteiger partial charge in [-0.2, -0.15) is 0 Å². The lowest BCUT2D eigenvalue weighted by atomic mass is 10.1. The van der Waals surface area contributed by atoms with Gasteiger partial charge in [-0.25, -0.2) is 4.98 Å². The van der Waals surface area contributed by atoms with Crippen molar-refractivity contribution in [3.63, 3.8) is 0 Å². The first-order valence-electron chi connectivity index (χ1n) is 12.3. The highest BCUT2D eigenvalue weighted by Crippen LogP contribution is 2.34. The largest absolute Gasteiger partial charge is 0.493 e. The quantitative estimate of drug-likeness (QED) is 0.310. The number of carbonyl (C=O) groups excluding carboxylic acids is 1. The van der Waals surface area contributed by atoms with Crippen LogP contribution in [0, 0.1) is 6.92 Å². The van der Waals surface area contributed by atoms with Gasteiger partial charge in [0.05, 0.1) is 24.7 Å². The molecule has 6 nitrogen and oxygen atoms in total. The summed E-state index contributed by atoms with van der Waals surface area (Å²) >= 11 is 0. The first-order valence-corrected chi connectivity index (χ1v) is 12.3. The van der Waals surface area contributed by atoms with E-state index in [9.17, 15) is 4.79 Å². The van der Waals surface area contributed by atoms with E-state index in [2.05, 4.69) is 16.7 Å². The number of imidazole rings is 1. The van der Waals surface area contributed by atoms with Crippen molar-refractivity contribution in [2.24, 2.45) is 0 Å². The van der Waals surface area contributed by atoms with Crippen molar-refractivity contribution in [3.05, 3.63) is 89.8 Å². The van der Waals surface area contributed by atoms with Gasteiger partial charge in [0, 0.05) is 24.6 Å². The highest BCUT2D eigenvalue weighted by molar-refractivity contribution is 5.96. The molecule has 2 heterocycles. The summed E-state index contributed by atoms with van der Waals surface area (Å²) in [5.41, 5.74) is 5.13. The number of anilines is 1. The Morgan fingerprint density at radius 1 is 1.06 bits per heavy atom. The van der Waals surface area contributed by atoms with Gasteiger partial charge in [-0.1, -0.05) is 42.5 Å². The molecule has 1 amide bonds. The number of carbonyl (C=O) groups is 1. The van der Waals surface area contributed by atoms with Crippen molar-refractivity contribution in [1.82, 2.24) is 9.55 Å². The van der Waals surface area contributed by atoms with Crippen molar-refractivity contribution in [2.75, 3.05) is 25.2 Å². The van der Waals surface area contributed by atoms with Crippen LogP contribution in [0.1, 0.15) is 36.2 Å². The molecule has 184 valence electrons. The second-order valence-electron chi connectivity index (χ2n) is 9.11. The molecule has 1 aliphatic heterocycles. The first-order chi connectivity index (χ1) is 17.6. The summed E-state index contributed by atoms with van der Waals surface area (Å²) in [6.07, 6.45) is 4.46. The van der Waals surface area contributed by atoms with Crippen LogP contribution in [0.15, 0.2) is 72.8 Å². The minimum absolute atomic E-state index is 0.0139. The van der Waals surface area contributed by atoms with Crippen molar-refractivity contribution < 1.29 is 14.3 Å². The third-order valence-corrected chi connectivity index (χ3v) is 6.61. The molecular formula is C30H31N3O3. The standard InChI is InChI=1S/C30H31N3O3/c1-4-8-22-13-14-27(28(18-22)35-3)36-16-15-32-26-12-6-5-11-25(26)31-30(32)23-19-29(34)33(20-23)24-10-7-9-21(2)17-24/h4-14,17-18,23H,15-16,19-20H2,1-3H3/b8-4+/t23-/m1/s1. The molecule has 0 N–H and O–H groups in total. The Bertz CT molecular complexity index is 1420. The fourth-order valence-corrected chi connectivity index (χ4v) is 4.91. The molecule has 0 radical (unpaired) electrons. The lowest BCUT2D eigenvalue weighted by molar-refractivity contribution is -0.117. The van der Waals surface area contributed by atoms with Crippen LogP contribution < -0.4 is 14.4 Å². The van der Waals surface area contributed by atoms with Crippen molar-refractivity contribution >= 4 is 28.7 Å². The minimum Gasteiger partial charge on any atom is -0.493 e. The fourth-order valence-electron chi connectivity index (χ4n) is 4.91. The van der Waals surface area contributed by atoms with E-state index in [0.29, 0.717) is 37.6 Å². The van der Waals surface area contributed by atoms with Gasteiger partial charge in [-0.3, -0.25) is 4.79 Å². The Balaban J connectivity index is 1.38. The van der Waals surface area contributed by atoms with Crippen LogP contribution in [0.2, 0.25) is 0 Å². The van der Waals surface area contributed by atoms with Crippen LogP contribution in [0.3, 0.4) is 0 Å². The number of benzene rings is 3. The fraction of sp³-hybridized carbons (Fsp3) is 0.267. The van der Waals surface area contributed by atoms with Crippen molar-refractivity contribution in [3.8, 4) is 11.5 Å². The number of aromatic nitrogens is 2. The second-order valence-corrected chi connectivity index (χ2v) is 9.11. The molecular weight excluding hydrogens is 450 g/mol. The van der Waals surface area contributed by atoms with Crippen LogP contribution in [-0.4, -0.2) is 35.7 Å². The number of hydrogen-bond donors (Lipinski definition) is 0. The predicted octanol–water partition coefficient (Wildman–Crippen LogP) is 5.99. The molecule has 4 aromatic rings. The maximum atomic E-state index is 13.0. The monoisotopic (exact) mass is 481 g/mol. The Morgan fingerprint density at radius 3 is 2.72 bits per heavy atom. The number of hydrogen-bond acceptors (Lipinski definition) is 4. The number of aryl methyl sites for hydroxylation is 1. The predicted molar refractivity (Wildman–Crippen MR) is 144 cm³/mol. The number of para-hydroxylation sites is 2. The Labute approximate surface area is 211 Å². The summed E-state index contributed by atoms with van der Waals surface area (Å²) < 4.78 is 13.9. The van der Waals surface area contributed by atoms with Crippen LogP contribution in [-0.2, 0) is 11.3 Å². The average molecular weight is 482 g/mol. The summed E-state index contributed by atoms with van der Waals surface area (Å²) in [6.45, 7) is 5.72. The molecule has 3 aromatic carbocycles. The molecule has 1 atom stereocenters. The van der Waals surface area contributed by atoms with E-state index in [1.165, 1.54) is 0 Å². The van der Waals surface area contributed by atoms with Gasteiger partial charge in [0.25, 0.3) is 0 Å². The van der Waals surface area contributed by atoms with Gasteiger partial charge in [-0.15, -0.1) is 0 Å². The van der Waals surface area contributed by atoms with Crippen LogP contribution in [0.5, 0.6) is 11.5 Å². The summed E-state index contributed by atoms with van der Waals surface area (Å²) in [7, 11) is 1.65. The molecule has 5 rings (SSSR count). The third-order valence-electron chi connectivity index (χ3n) is 6.61. The zero-order valence-corrected chi connectivity index (χ0v) is 21.0. The highest BCUT2D eigenvalue weighted by atomic mass is 16.5. The maximum Gasteiger partial charge on any atom is 0.227 e. The van der Waals surface area contributed by atoms with Gasteiger partial charge in [0.15, 0.2) is 11.5 Å². The molecule has 6 heteroatoms. The SMILES string of the molecule is C/C=C/c1ccc(OCCn2c([C@@H]3CC(=O)N(c4cccc(C)c4)C3)nc3ccccc32)c(OC)c1. The number of allylic oxidation sites excluding steroid dienone is 1. The minimum atomic E-state index is 0.0139. The Hall–Kier alpha value is -4.06. The van der Waals surface area contributed by atoms with Crippen molar-refractivity contribution in [1.29, 1.82) is 0 Å². The molecule has 0 spiro atoms. The molecule has 0 saturated carbocycles. The van der Waals surface area contributed by atoms with Crippen LogP contribution in [0.25, 0.3) is 17.1 Å². The number of ether oxygens (including phenoxy) is 2. The van der Waals surface area contributed by atoms with Crippen LogP contribution >= 0.6 is 0 Å². The number of rotatable bonds is 8. The normalized spacial score (nSPS) is 15.8. The Morgan fingerprint density at radius 2 is 1.92 bits per heavy atom. The molecule has 1 aliphatic rings. The van der Waals surface area contributed by atoms with Gasteiger partial charge in [0.1, 0.15) is 12.4 Å². The van der Waals surface area contributed by atoms with Crippen molar-refractivity contribution in [2.45, 2.75) is 32.7 Å². The van der Waals surface area contributed by atoms with E-state index in [-0.39, 0.29) is 11.8 Å². The smallest absolute Gasteiger partial charge is 0.227 e. The first kappa shape index (κ1) is 23.7. The number of methoxy groups -OCH3 is 1. The number of amides is 1. The molecule has 1 fully saturated rings. The summed E-state index contributed by atoms with van der Waals surface area (Å²) in [6, 6.07) is 22.1. The van der Waals surface area contributed by atoms with Gasteiger partial charge in [-0.05, 0) is 61.4 Å². The lowest BCUT2D eigenvalue weighted by Crippen LogP contribution is -2.24. The van der Waals surface area contributed by atoms with Gasteiger partial charge < -0.3 is 18.9 Å². The van der Waals surface area contributed by atoms with Gasteiger partial charge >= 0.3 is 0 Å². The molecule has 1 saturated heterocycles. The zero-order chi connectivity index (χ0) is 25.1. The lowest BCUT2D eigenvalue weighted by Gasteiger charge is -2.18. The summed E-state index contributed by atoms with van der Waals surface area (Å²) in [4.78, 5) is 19.8. The van der Waals surface area contributed by atoms with E-state index < -0.39 is 0 Å². The summed E-state index contributed by atoms with van der Waals surface area (Å²) in [5, 5.41) is 0. The van der Waals surface area contributed by atoms with Gasteiger partial charge in [0.2, 0.25) is 5.91 Å². The highest BCUT2D eigenvalue weighted by Gasteiger charge is 2.34. The maximum absolute atomic E-state index is 13.0. The van der Waals surface area contributed by atoms with E-state index in [1.807, 2.05) is 85.5 Å². The number of fused-ring (bicyclic) bond motifs is 1. The molecule has 1 aromatic heterocycles. The molecule has 0 bridgehead atoms. The summed E-state index contributed by atoms with van der Waals surface area (Å²) in [5.74, 6) is 2.49. The molecule has 0 aliphatic carbocycles. The average Bonchev–Trinajstić information content (AvgIpc) is 3.45. The van der Waals surface area contributed by atoms with E-state index in [0.717, 1.165) is 33.7 Å².